The van der Waals surface area contributed by atoms with Gasteiger partial charge in [-0.3, -0.25) is 0 Å². The van der Waals surface area contributed by atoms with Crippen molar-refractivity contribution in [2.45, 2.75) is 6.42 Å². The lowest BCUT2D eigenvalue weighted by atomic mass is 10.0. The monoisotopic (exact) mass is 234 g/mol. The molecule has 0 atom stereocenters. The molecule has 0 unspecified atom stereocenters. The summed E-state index contributed by atoms with van der Waals surface area (Å²) in [5, 5.41) is 0. The molecule has 0 aliphatic heterocycles. The van der Waals surface area contributed by atoms with Gasteiger partial charge in [-0.1, -0.05) is 54.6 Å². The van der Waals surface area contributed by atoms with Crippen LogP contribution in [0.15, 0.2) is 77.4 Å². The summed E-state index contributed by atoms with van der Waals surface area (Å²) in [5.74, 6) is 0.918. The number of hydrogen-bond acceptors (Lipinski definition) is 1. The lowest BCUT2D eigenvalue weighted by molar-refractivity contribution is 0.582. The Hall–Kier alpha value is -2.28. The van der Waals surface area contributed by atoms with Gasteiger partial charge in [-0.05, 0) is 29.7 Å². The summed E-state index contributed by atoms with van der Waals surface area (Å²) in [4.78, 5) is 0. The van der Waals surface area contributed by atoms with Gasteiger partial charge in [0.05, 0.1) is 6.26 Å². The van der Waals surface area contributed by atoms with E-state index in [-0.39, 0.29) is 0 Å². The first-order chi connectivity index (χ1) is 8.92. The molecule has 0 saturated carbocycles. The Bertz CT molecular complexity index is 592. The first kappa shape index (κ1) is 10.8. The average Bonchev–Trinajstić information content (AvgIpc) is 2.95. The van der Waals surface area contributed by atoms with Crippen LogP contribution >= 0.6 is 0 Å². The molecule has 0 spiro atoms. The van der Waals surface area contributed by atoms with Crippen molar-refractivity contribution in [3.8, 4) is 11.3 Å². The third-order valence-electron chi connectivity index (χ3n) is 3.01. The molecule has 18 heavy (non-hydrogen) atoms. The lowest BCUT2D eigenvalue weighted by Crippen LogP contribution is -1.87. The first-order valence-corrected chi connectivity index (χ1v) is 6.08. The van der Waals surface area contributed by atoms with Crippen LogP contribution in [-0.2, 0) is 6.42 Å². The van der Waals surface area contributed by atoms with Crippen molar-refractivity contribution in [1.29, 1.82) is 0 Å². The average molecular weight is 234 g/mol. The zero-order valence-electron chi connectivity index (χ0n) is 10.0. The van der Waals surface area contributed by atoms with Gasteiger partial charge in [0.2, 0.25) is 0 Å². The van der Waals surface area contributed by atoms with Gasteiger partial charge in [0.15, 0.2) is 0 Å². The second-order valence-electron chi connectivity index (χ2n) is 4.34. The van der Waals surface area contributed by atoms with Crippen LogP contribution in [0.3, 0.4) is 0 Å². The molecule has 1 nitrogen and oxygen atoms in total. The van der Waals surface area contributed by atoms with Gasteiger partial charge in [-0.15, -0.1) is 0 Å². The Kier molecular flexibility index (Phi) is 2.97. The number of rotatable bonds is 3. The maximum Gasteiger partial charge on any atom is 0.133 e. The van der Waals surface area contributed by atoms with Crippen LogP contribution < -0.4 is 0 Å². The predicted molar refractivity (Wildman–Crippen MR) is 73.4 cm³/mol. The molecule has 1 heterocycles. The summed E-state index contributed by atoms with van der Waals surface area (Å²) < 4.78 is 5.38. The van der Waals surface area contributed by atoms with Crippen LogP contribution in [0.2, 0.25) is 0 Å². The van der Waals surface area contributed by atoms with Gasteiger partial charge in [0, 0.05) is 5.56 Å². The standard InChI is InChI=1S/C17H14O/c1-2-5-14(6-3-1)13-15-8-10-16(11-9-15)17-7-4-12-18-17/h1-12H,13H2. The highest BCUT2D eigenvalue weighted by Crippen LogP contribution is 2.20. The smallest absolute Gasteiger partial charge is 0.133 e. The van der Waals surface area contributed by atoms with E-state index in [1.54, 1.807) is 6.26 Å². The minimum atomic E-state index is 0.918. The molecule has 0 aliphatic rings. The van der Waals surface area contributed by atoms with Crippen molar-refractivity contribution in [3.63, 3.8) is 0 Å². The van der Waals surface area contributed by atoms with Gasteiger partial charge in [0.1, 0.15) is 5.76 Å². The highest BCUT2D eigenvalue weighted by molar-refractivity contribution is 5.57. The molecule has 0 saturated heterocycles. The van der Waals surface area contributed by atoms with E-state index in [1.807, 2.05) is 18.2 Å². The zero-order valence-corrected chi connectivity index (χ0v) is 10.0. The molecule has 0 radical (unpaired) electrons. The third kappa shape index (κ3) is 2.35. The van der Waals surface area contributed by atoms with Crippen LogP contribution in [0.1, 0.15) is 11.1 Å². The van der Waals surface area contributed by atoms with Crippen LogP contribution in [0, 0.1) is 0 Å². The summed E-state index contributed by atoms with van der Waals surface area (Å²) in [6, 6.07) is 22.9. The molecule has 0 N–H and O–H groups in total. The fourth-order valence-electron chi connectivity index (χ4n) is 2.06. The van der Waals surface area contributed by atoms with Gasteiger partial charge < -0.3 is 4.42 Å². The highest BCUT2D eigenvalue weighted by Gasteiger charge is 2.00. The topological polar surface area (TPSA) is 13.1 Å². The van der Waals surface area contributed by atoms with Crippen LogP contribution in [0.25, 0.3) is 11.3 Å². The number of hydrogen-bond donors (Lipinski definition) is 0. The quantitative estimate of drug-likeness (QED) is 0.648. The van der Waals surface area contributed by atoms with Crippen molar-refractivity contribution in [3.05, 3.63) is 84.1 Å². The summed E-state index contributed by atoms with van der Waals surface area (Å²) >= 11 is 0. The van der Waals surface area contributed by atoms with Gasteiger partial charge in [-0.2, -0.15) is 0 Å². The largest absolute Gasteiger partial charge is 0.464 e. The fraction of sp³-hybridized carbons (Fsp3) is 0.0588. The van der Waals surface area contributed by atoms with E-state index in [0.29, 0.717) is 0 Å². The molecule has 2 aromatic carbocycles. The molecular formula is C17H14O. The van der Waals surface area contributed by atoms with E-state index >= 15 is 0 Å². The minimum Gasteiger partial charge on any atom is -0.464 e. The van der Waals surface area contributed by atoms with Crippen molar-refractivity contribution in [2.75, 3.05) is 0 Å². The summed E-state index contributed by atoms with van der Waals surface area (Å²) in [5.41, 5.74) is 3.77. The van der Waals surface area contributed by atoms with Gasteiger partial charge >= 0.3 is 0 Å². The van der Waals surface area contributed by atoms with E-state index in [1.165, 1.54) is 11.1 Å². The van der Waals surface area contributed by atoms with Crippen molar-refractivity contribution >= 4 is 0 Å². The zero-order chi connectivity index (χ0) is 12.2. The maximum atomic E-state index is 5.38. The van der Waals surface area contributed by atoms with E-state index in [0.717, 1.165) is 17.7 Å². The van der Waals surface area contributed by atoms with E-state index in [2.05, 4.69) is 48.5 Å². The molecule has 1 aromatic heterocycles. The summed E-state index contributed by atoms with van der Waals surface area (Å²) in [6.07, 6.45) is 2.67. The van der Waals surface area contributed by atoms with E-state index in [9.17, 15) is 0 Å². The summed E-state index contributed by atoms with van der Waals surface area (Å²) in [7, 11) is 0. The second-order valence-corrected chi connectivity index (χ2v) is 4.34. The third-order valence-corrected chi connectivity index (χ3v) is 3.01. The lowest BCUT2D eigenvalue weighted by Gasteiger charge is -2.03. The van der Waals surface area contributed by atoms with Crippen LogP contribution in [0.4, 0.5) is 0 Å². The fourth-order valence-corrected chi connectivity index (χ4v) is 2.06. The van der Waals surface area contributed by atoms with Crippen LogP contribution in [0.5, 0.6) is 0 Å². The Balaban J connectivity index is 1.80. The number of benzene rings is 2. The minimum absolute atomic E-state index is 0.918. The van der Waals surface area contributed by atoms with Crippen molar-refractivity contribution in [1.82, 2.24) is 0 Å². The highest BCUT2D eigenvalue weighted by atomic mass is 16.3. The molecule has 0 bridgehead atoms. The maximum absolute atomic E-state index is 5.38. The SMILES string of the molecule is c1ccc(Cc2ccc(-c3ccco3)cc2)cc1. The molecular weight excluding hydrogens is 220 g/mol. The molecule has 3 aromatic rings. The van der Waals surface area contributed by atoms with Crippen molar-refractivity contribution < 1.29 is 4.42 Å². The van der Waals surface area contributed by atoms with Gasteiger partial charge in [-0.25, -0.2) is 0 Å². The second kappa shape index (κ2) is 4.92. The molecule has 0 aliphatic carbocycles. The Morgan fingerprint density at radius 1 is 0.667 bits per heavy atom. The normalized spacial score (nSPS) is 10.4. The predicted octanol–water partition coefficient (Wildman–Crippen LogP) is 4.54. The Labute approximate surface area is 107 Å². The Morgan fingerprint density at radius 2 is 1.39 bits per heavy atom. The molecule has 0 amide bonds. The van der Waals surface area contributed by atoms with Crippen LogP contribution in [-0.4, -0.2) is 0 Å². The summed E-state index contributed by atoms with van der Waals surface area (Å²) in [6.45, 7) is 0. The molecule has 88 valence electrons. The van der Waals surface area contributed by atoms with E-state index in [4.69, 9.17) is 4.42 Å². The molecule has 1 heteroatoms. The molecule has 3 rings (SSSR count). The molecule has 0 fully saturated rings. The van der Waals surface area contributed by atoms with Gasteiger partial charge in [0.25, 0.3) is 0 Å². The Morgan fingerprint density at radius 3 is 2.06 bits per heavy atom. The van der Waals surface area contributed by atoms with E-state index < -0.39 is 0 Å². The van der Waals surface area contributed by atoms with Crippen molar-refractivity contribution in [2.24, 2.45) is 0 Å². The number of furan rings is 1. The first-order valence-electron chi connectivity index (χ1n) is 6.08.